The molecule has 4 rings (SSSR count). The standard InChI is InChI=1S/C16H20N4O2/c17-10-14-12(19)20-16(21-8-9-22-16)15(14,11-18)13(14)6-4-2-1-3-5-7-13/h1-9H2,(H2,19,20)/t14-,15+/m0/s1. The third-order valence-corrected chi connectivity index (χ3v) is 6.28. The van der Waals surface area contributed by atoms with Crippen LogP contribution in [0.4, 0.5) is 0 Å². The minimum absolute atomic E-state index is 0.235. The fourth-order valence-electron chi connectivity index (χ4n) is 5.45. The van der Waals surface area contributed by atoms with E-state index in [1.54, 1.807) is 0 Å². The molecule has 0 amide bonds. The number of nitrogens with two attached hydrogens (primary N) is 1. The number of rotatable bonds is 0. The number of nitrogens with zero attached hydrogens (tertiary/aromatic N) is 3. The van der Waals surface area contributed by atoms with Gasteiger partial charge in [0.05, 0.1) is 25.4 Å². The van der Waals surface area contributed by atoms with Gasteiger partial charge < -0.3 is 15.2 Å². The Morgan fingerprint density at radius 2 is 1.55 bits per heavy atom. The molecule has 1 saturated heterocycles. The van der Waals surface area contributed by atoms with E-state index in [1.807, 2.05) is 0 Å². The topological polar surface area (TPSA) is 104 Å². The molecule has 0 aromatic rings. The van der Waals surface area contributed by atoms with Crippen LogP contribution in [0.2, 0.25) is 0 Å². The molecule has 6 heteroatoms. The fraction of sp³-hybridized carbons (Fsp3) is 0.812. The molecule has 0 aromatic heterocycles. The van der Waals surface area contributed by atoms with Crippen molar-refractivity contribution in [3.8, 4) is 12.1 Å². The number of fused-ring (bicyclic) bond motifs is 4. The first-order valence-corrected chi connectivity index (χ1v) is 8.13. The Morgan fingerprint density at radius 1 is 0.955 bits per heavy atom. The molecule has 6 nitrogen and oxygen atoms in total. The third kappa shape index (κ3) is 1.12. The summed E-state index contributed by atoms with van der Waals surface area (Å²) >= 11 is 0. The van der Waals surface area contributed by atoms with E-state index in [1.165, 1.54) is 6.42 Å². The summed E-state index contributed by atoms with van der Waals surface area (Å²) in [6.07, 6.45) is 7.15. The quantitative estimate of drug-likeness (QED) is 0.734. The van der Waals surface area contributed by atoms with Crippen molar-refractivity contribution in [3.05, 3.63) is 0 Å². The van der Waals surface area contributed by atoms with E-state index in [2.05, 4.69) is 17.1 Å². The number of hydrogen-bond donors (Lipinski definition) is 1. The molecule has 2 spiro atoms. The first-order chi connectivity index (χ1) is 10.7. The lowest BCUT2D eigenvalue weighted by Gasteiger charge is -2.32. The van der Waals surface area contributed by atoms with Crippen molar-refractivity contribution < 1.29 is 9.47 Å². The van der Waals surface area contributed by atoms with Crippen LogP contribution in [-0.4, -0.2) is 25.0 Å². The molecule has 2 atom stereocenters. The molecule has 2 heterocycles. The van der Waals surface area contributed by atoms with E-state index in [-0.39, 0.29) is 5.84 Å². The summed E-state index contributed by atoms with van der Waals surface area (Å²) in [6, 6.07) is 4.79. The highest BCUT2D eigenvalue weighted by atomic mass is 16.8. The Balaban J connectivity index is 1.89. The van der Waals surface area contributed by atoms with Gasteiger partial charge in [0.25, 0.3) is 5.91 Å². The molecule has 2 N–H and O–H groups in total. The van der Waals surface area contributed by atoms with Gasteiger partial charge in [-0.25, -0.2) is 4.99 Å². The molecule has 3 fully saturated rings. The van der Waals surface area contributed by atoms with E-state index < -0.39 is 22.2 Å². The van der Waals surface area contributed by atoms with E-state index in [0.29, 0.717) is 13.2 Å². The number of amidine groups is 1. The summed E-state index contributed by atoms with van der Waals surface area (Å²) in [7, 11) is 0. The van der Waals surface area contributed by atoms with Gasteiger partial charge in [0, 0.05) is 5.41 Å². The summed E-state index contributed by atoms with van der Waals surface area (Å²) < 4.78 is 11.6. The molecule has 2 aliphatic heterocycles. The van der Waals surface area contributed by atoms with Crippen molar-refractivity contribution in [3.63, 3.8) is 0 Å². The third-order valence-electron chi connectivity index (χ3n) is 6.28. The largest absolute Gasteiger partial charge is 0.386 e. The summed E-state index contributed by atoms with van der Waals surface area (Å²) in [5.41, 5.74) is 3.59. The lowest BCUT2D eigenvalue weighted by molar-refractivity contribution is -0.193. The molecule has 4 aliphatic rings. The fourth-order valence-corrected chi connectivity index (χ4v) is 5.45. The van der Waals surface area contributed by atoms with Gasteiger partial charge in [-0.1, -0.05) is 32.1 Å². The Labute approximate surface area is 129 Å². The average Bonchev–Trinajstić information content (AvgIpc) is 2.74. The zero-order valence-corrected chi connectivity index (χ0v) is 12.6. The second kappa shape index (κ2) is 4.22. The van der Waals surface area contributed by atoms with Gasteiger partial charge in [-0.2, -0.15) is 10.5 Å². The van der Waals surface area contributed by atoms with Gasteiger partial charge in [-0.15, -0.1) is 0 Å². The number of ether oxygens (including phenoxy) is 2. The second-order valence-electron chi connectivity index (χ2n) is 6.85. The molecule has 0 unspecified atom stereocenters. The van der Waals surface area contributed by atoms with Crippen LogP contribution in [0.25, 0.3) is 0 Å². The first-order valence-electron chi connectivity index (χ1n) is 8.13. The minimum Gasteiger partial charge on any atom is -0.386 e. The Kier molecular flexibility index (Phi) is 2.68. The van der Waals surface area contributed by atoms with Gasteiger partial charge in [0.15, 0.2) is 5.41 Å². The highest BCUT2D eigenvalue weighted by Crippen LogP contribution is 2.88. The smallest absolute Gasteiger partial charge is 0.293 e. The van der Waals surface area contributed by atoms with Gasteiger partial charge in [-0.05, 0) is 12.8 Å². The van der Waals surface area contributed by atoms with E-state index in [0.717, 1.165) is 38.5 Å². The van der Waals surface area contributed by atoms with Gasteiger partial charge >= 0.3 is 0 Å². The molecule has 2 aliphatic carbocycles. The Hall–Kier alpha value is -1.63. The maximum atomic E-state index is 10.1. The Morgan fingerprint density at radius 3 is 2.09 bits per heavy atom. The van der Waals surface area contributed by atoms with Gasteiger partial charge in [-0.3, -0.25) is 0 Å². The first kappa shape index (κ1) is 14.0. The lowest BCUT2D eigenvalue weighted by atomic mass is 9.78. The Bertz CT molecular complexity index is 617. The summed E-state index contributed by atoms with van der Waals surface area (Å²) in [4.78, 5) is 4.34. The molecular formula is C16H20N4O2. The van der Waals surface area contributed by atoms with E-state index in [9.17, 15) is 10.5 Å². The van der Waals surface area contributed by atoms with Crippen LogP contribution >= 0.6 is 0 Å². The van der Waals surface area contributed by atoms with Crippen molar-refractivity contribution in [1.82, 2.24) is 0 Å². The van der Waals surface area contributed by atoms with Crippen LogP contribution in [0.15, 0.2) is 4.99 Å². The molecule has 0 aromatic carbocycles. The second-order valence-corrected chi connectivity index (χ2v) is 6.85. The highest BCUT2D eigenvalue weighted by molar-refractivity contribution is 6.00. The molecule has 22 heavy (non-hydrogen) atoms. The molecule has 116 valence electrons. The van der Waals surface area contributed by atoms with Crippen molar-refractivity contribution in [2.45, 2.75) is 50.9 Å². The molecular weight excluding hydrogens is 280 g/mol. The summed E-state index contributed by atoms with van der Waals surface area (Å²) in [6.45, 7) is 0.773. The van der Waals surface area contributed by atoms with Crippen LogP contribution < -0.4 is 5.73 Å². The van der Waals surface area contributed by atoms with Crippen LogP contribution in [0, 0.1) is 38.9 Å². The van der Waals surface area contributed by atoms with Crippen molar-refractivity contribution in [1.29, 1.82) is 10.5 Å². The number of nitriles is 2. The summed E-state index contributed by atoms with van der Waals surface area (Å²) in [5.74, 6) is -1.13. The predicted molar refractivity (Wildman–Crippen MR) is 77.1 cm³/mol. The van der Waals surface area contributed by atoms with Gasteiger partial charge in [0.2, 0.25) is 0 Å². The maximum absolute atomic E-state index is 10.1. The normalized spacial score (nSPS) is 41.1. The highest BCUT2D eigenvalue weighted by Gasteiger charge is 3.00. The van der Waals surface area contributed by atoms with Crippen molar-refractivity contribution in [2.75, 3.05) is 13.2 Å². The monoisotopic (exact) mass is 300 g/mol. The lowest BCUT2D eigenvalue weighted by Crippen LogP contribution is -2.41. The van der Waals surface area contributed by atoms with E-state index >= 15 is 0 Å². The van der Waals surface area contributed by atoms with Gasteiger partial charge in [0.1, 0.15) is 11.3 Å². The van der Waals surface area contributed by atoms with Crippen LogP contribution in [0.1, 0.15) is 44.9 Å². The maximum Gasteiger partial charge on any atom is 0.293 e. The van der Waals surface area contributed by atoms with Crippen molar-refractivity contribution in [2.24, 2.45) is 27.0 Å². The van der Waals surface area contributed by atoms with Crippen LogP contribution in [0.3, 0.4) is 0 Å². The molecule has 0 bridgehead atoms. The van der Waals surface area contributed by atoms with E-state index in [4.69, 9.17) is 15.2 Å². The van der Waals surface area contributed by atoms with Crippen molar-refractivity contribution >= 4 is 5.84 Å². The number of aliphatic imine (C=N–C) groups is 1. The predicted octanol–water partition coefficient (Wildman–Crippen LogP) is 1.82. The average molecular weight is 300 g/mol. The SMILES string of the molecule is N#C[C@]12C3(N=C(N)[C@@]1(C#N)C21CCCCCCC1)OCCO3. The zero-order valence-electron chi connectivity index (χ0n) is 12.6. The summed E-state index contributed by atoms with van der Waals surface area (Å²) in [5, 5.41) is 20.1. The van der Waals surface area contributed by atoms with Crippen LogP contribution in [0.5, 0.6) is 0 Å². The minimum atomic E-state index is -1.36. The number of hydrogen-bond acceptors (Lipinski definition) is 6. The molecule has 2 saturated carbocycles. The zero-order chi connectivity index (χ0) is 15.5. The molecule has 0 radical (unpaired) electrons. The van der Waals surface area contributed by atoms with Crippen LogP contribution in [-0.2, 0) is 9.47 Å².